The smallest absolute Gasteiger partial charge is 0.277 e. The van der Waals surface area contributed by atoms with Crippen molar-refractivity contribution < 1.29 is 9.53 Å². The lowest BCUT2D eigenvalue weighted by Crippen LogP contribution is -2.24. The molecule has 0 bridgehead atoms. The van der Waals surface area contributed by atoms with Crippen molar-refractivity contribution in [3.05, 3.63) is 63.1 Å². The Balaban J connectivity index is 1.87. The number of aryl methyl sites for hydroxylation is 2. The van der Waals surface area contributed by atoms with Crippen molar-refractivity contribution in [3.8, 4) is 5.75 Å². The molecular formula is C17H16Cl2N2O2. The minimum Gasteiger partial charge on any atom is -0.484 e. The molecule has 0 fully saturated rings. The Morgan fingerprint density at radius 1 is 1.22 bits per heavy atom. The van der Waals surface area contributed by atoms with Gasteiger partial charge in [0.15, 0.2) is 6.61 Å². The van der Waals surface area contributed by atoms with Crippen LogP contribution < -0.4 is 10.2 Å². The zero-order valence-electron chi connectivity index (χ0n) is 12.8. The van der Waals surface area contributed by atoms with Gasteiger partial charge in [0.1, 0.15) is 5.75 Å². The molecule has 0 heterocycles. The summed E-state index contributed by atoms with van der Waals surface area (Å²) in [7, 11) is 0. The van der Waals surface area contributed by atoms with Gasteiger partial charge in [-0.05, 0) is 43.2 Å². The first-order chi connectivity index (χ1) is 11.0. The summed E-state index contributed by atoms with van der Waals surface area (Å²) in [5, 5.41) is 4.66. The van der Waals surface area contributed by atoms with Crippen LogP contribution in [0.5, 0.6) is 5.75 Å². The molecule has 0 aliphatic heterocycles. The zero-order valence-corrected chi connectivity index (χ0v) is 14.3. The first-order valence-electron chi connectivity index (χ1n) is 6.92. The third kappa shape index (κ3) is 5.27. The van der Waals surface area contributed by atoms with Gasteiger partial charge < -0.3 is 4.74 Å². The molecule has 1 amide bonds. The second-order valence-electron chi connectivity index (χ2n) is 5.05. The zero-order chi connectivity index (χ0) is 16.8. The summed E-state index contributed by atoms with van der Waals surface area (Å²) in [4.78, 5) is 11.7. The van der Waals surface area contributed by atoms with E-state index in [0.29, 0.717) is 21.4 Å². The fourth-order valence-electron chi connectivity index (χ4n) is 1.99. The van der Waals surface area contributed by atoms with E-state index >= 15 is 0 Å². The minimum atomic E-state index is -0.362. The summed E-state index contributed by atoms with van der Waals surface area (Å²) in [6, 6.07) is 10.9. The van der Waals surface area contributed by atoms with Crippen LogP contribution in [0.4, 0.5) is 0 Å². The number of hydrazone groups is 1. The number of benzene rings is 2. The molecule has 0 aliphatic carbocycles. The normalized spacial score (nSPS) is 10.8. The van der Waals surface area contributed by atoms with Gasteiger partial charge in [-0.3, -0.25) is 4.79 Å². The first kappa shape index (κ1) is 17.3. The number of hydrogen-bond acceptors (Lipinski definition) is 3. The molecule has 120 valence electrons. The van der Waals surface area contributed by atoms with Gasteiger partial charge in [0, 0.05) is 5.56 Å². The molecule has 0 aromatic heterocycles. The molecule has 0 radical (unpaired) electrons. The third-order valence-electron chi connectivity index (χ3n) is 2.94. The van der Waals surface area contributed by atoms with Gasteiger partial charge in [-0.2, -0.15) is 5.10 Å². The highest BCUT2D eigenvalue weighted by Crippen LogP contribution is 2.24. The Bertz CT molecular complexity index is 725. The van der Waals surface area contributed by atoms with Crippen molar-refractivity contribution in [2.75, 3.05) is 6.61 Å². The van der Waals surface area contributed by atoms with Gasteiger partial charge in [-0.25, -0.2) is 5.43 Å². The first-order valence-corrected chi connectivity index (χ1v) is 7.68. The minimum absolute atomic E-state index is 0.122. The number of ether oxygens (including phenoxy) is 1. The predicted octanol–water partition coefficient (Wildman–Crippen LogP) is 4.14. The van der Waals surface area contributed by atoms with Crippen LogP contribution in [0.25, 0.3) is 0 Å². The Morgan fingerprint density at radius 3 is 2.61 bits per heavy atom. The van der Waals surface area contributed by atoms with Crippen molar-refractivity contribution >= 4 is 35.3 Å². The third-order valence-corrected chi connectivity index (χ3v) is 3.77. The van der Waals surface area contributed by atoms with E-state index in [0.717, 1.165) is 11.1 Å². The Morgan fingerprint density at radius 2 is 1.91 bits per heavy atom. The quantitative estimate of drug-likeness (QED) is 0.650. The Labute approximate surface area is 145 Å². The number of rotatable bonds is 5. The van der Waals surface area contributed by atoms with Crippen LogP contribution in [0.2, 0.25) is 10.0 Å². The molecule has 1 N–H and O–H groups in total. The summed E-state index contributed by atoms with van der Waals surface area (Å²) < 4.78 is 5.44. The van der Waals surface area contributed by atoms with Crippen molar-refractivity contribution in [3.63, 3.8) is 0 Å². The summed E-state index contributed by atoms with van der Waals surface area (Å²) in [6.45, 7) is 3.82. The van der Waals surface area contributed by atoms with E-state index in [4.69, 9.17) is 27.9 Å². The highest BCUT2D eigenvalue weighted by atomic mass is 35.5. The van der Waals surface area contributed by atoms with Gasteiger partial charge >= 0.3 is 0 Å². The van der Waals surface area contributed by atoms with Crippen molar-refractivity contribution in [1.82, 2.24) is 5.43 Å². The fraction of sp³-hybridized carbons (Fsp3) is 0.176. The highest BCUT2D eigenvalue weighted by Gasteiger charge is 2.04. The van der Waals surface area contributed by atoms with Crippen molar-refractivity contribution in [2.24, 2.45) is 5.10 Å². The van der Waals surface area contributed by atoms with Gasteiger partial charge in [0.05, 0.1) is 16.3 Å². The number of nitrogens with one attached hydrogen (secondary N) is 1. The number of hydrogen-bond donors (Lipinski definition) is 1. The Kier molecular flexibility index (Phi) is 6.02. The fourth-order valence-corrected chi connectivity index (χ4v) is 2.35. The number of amides is 1. The number of nitrogens with zero attached hydrogens (tertiary/aromatic N) is 1. The monoisotopic (exact) mass is 350 g/mol. The predicted molar refractivity (Wildman–Crippen MR) is 93.6 cm³/mol. The van der Waals surface area contributed by atoms with E-state index in [2.05, 4.69) is 10.5 Å². The lowest BCUT2D eigenvalue weighted by Gasteiger charge is -2.07. The summed E-state index contributed by atoms with van der Waals surface area (Å²) >= 11 is 11.9. The van der Waals surface area contributed by atoms with Gasteiger partial charge in [0.25, 0.3) is 5.91 Å². The molecule has 23 heavy (non-hydrogen) atoms. The van der Waals surface area contributed by atoms with E-state index in [1.807, 2.05) is 32.0 Å². The molecule has 2 aromatic carbocycles. The average molecular weight is 351 g/mol. The average Bonchev–Trinajstić information content (AvgIpc) is 2.48. The molecular weight excluding hydrogens is 335 g/mol. The molecule has 0 unspecified atom stereocenters. The lowest BCUT2D eigenvalue weighted by molar-refractivity contribution is -0.123. The number of carbonyl (C=O) groups is 1. The molecule has 0 saturated carbocycles. The largest absolute Gasteiger partial charge is 0.484 e. The number of carbonyl (C=O) groups excluding carboxylic acids is 1. The van der Waals surface area contributed by atoms with Crippen molar-refractivity contribution in [1.29, 1.82) is 0 Å². The topological polar surface area (TPSA) is 50.7 Å². The molecule has 2 rings (SSSR count). The maximum absolute atomic E-state index is 11.7. The lowest BCUT2D eigenvalue weighted by atomic mass is 10.1. The summed E-state index contributed by atoms with van der Waals surface area (Å²) in [5.74, 6) is 0.290. The molecule has 0 atom stereocenters. The SMILES string of the molecule is Cc1cc(C)cc(OCC(=O)N/N=C\c2cccc(Cl)c2Cl)c1. The van der Waals surface area contributed by atoms with Gasteiger partial charge in [-0.15, -0.1) is 0 Å². The summed E-state index contributed by atoms with van der Waals surface area (Å²) in [5.41, 5.74) is 5.16. The molecule has 0 aliphatic rings. The van der Waals surface area contributed by atoms with E-state index in [1.54, 1.807) is 18.2 Å². The van der Waals surface area contributed by atoms with E-state index in [1.165, 1.54) is 6.21 Å². The van der Waals surface area contributed by atoms with E-state index < -0.39 is 0 Å². The maximum Gasteiger partial charge on any atom is 0.277 e. The summed E-state index contributed by atoms with van der Waals surface area (Å²) in [6.07, 6.45) is 1.43. The molecule has 6 heteroatoms. The van der Waals surface area contributed by atoms with E-state index in [-0.39, 0.29) is 12.5 Å². The Hall–Kier alpha value is -2.04. The van der Waals surface area contributed by atoms with Crippen LogP contribution in [0.15, 0.2) is 41.5 Å². The highest BCUT2D eigenvalue weighted by molar-refractivity contribution is 6.43. The number of halogens is 2. The second kappa shape index (κ2) is 7.99. The standard InChI is InChI=1S/C17H16Cl2N2O2/c1-11-6-12(2)8-14(7-11)23-10-16(22)21-20-9-13-4-3-5-15(18)17(13)19/h3-9H,10H2,1-2H3,(H,21,22)/b20-9-. The van der Waals surface area contributed by atoms with Crippen LogP contribution in [0, 0.1) is 13.8 Å². The molecule has 4 nitrogen and oxygen atoms in total. The van der Waals surface area contributed by atoms with Crippen LogP contribution in [-0.2, 0) is 4.79 Å². The maximum atomic E-state index is 11.7. The van der Waals surface area contributed by atoms with Crippen molar-refractivity contribution in [2.45, 2.75) is 13.8 Å². The van der Waals surface area contributed by atoms with E-state index in [9.17, 15) is 4.79 Å². The van der Waals surface area contributed by atoms with Crippen LogP contribution >= 0.6 is 23.2 Å². The molecule has 0 spiro atoms. The van der Waals surface area contributed by atoms with Crippen LogP contribution in [0.3, 0.4) is 0 Å². The molecule has 2 aromatic rings. The van der Waals surface area contributed by atoms with Gasteiger partial charge in [0.2, 0.25) is 0 Å². The van der Waals surface area contributed by atoms with Crippen LogP contribution in [0.1, 0.15) is 16.7 Å². The van der Waals surface area contributed by atoms with Gasteiger partial charge in [-0.1, -0.05) is 41.4 Å². The second-order valence-corrected chi connectivity index (χ2v) is 5.83. The molecule has 0 saturated heterocycles. The van der Waals surface area contributed by atoms with Crippen LogP contribution in [-0.4, -0.2) is 18.7 Å².